The minimum atomic E-state index is -0.123. The Balaban J connectivity index is 1.68. The summed E-state index contributed by atoms with van der Waals surface area (Å²) in [5.41, 5.74) is 1.07. The van der Waals surface area contributed by atoms with E-state index in [1.54, 1.807) is 46.2 Å². The van der Waals surface area contributed by atoms with Crippen molar-refractivity contribution in [3.8, 4) is 11.5 Å². The van der Waals surface area contributed by atoms with Crippen LogP contribution in [-0.4, -0.2) is 62.0 Å². The summed E-state index contributed by atoms with van der Waals surface area (Å²) in [5.74, 6) is 0.872. The summed E-state index contributed by atoms with van der Waals surface area (Å²) in [7, 11) is 3.07. The fourth-order valence-electron chi connectivity index (χ4n) is 3.06. The van der Waals surface area contributed by atoms with E-state index in [1.165, 1.54) is 14.2 Å². The van der Waals surface area contributed by atoms with Crippen molar-refractivity contribution in [1.29, 1.82) is 0 Å². The first-order valence-electron chi connectivity index (χ1n) is 8.70. The van der Waals surface area contributed by atoms with Crippen LogP contribution in [0.25, 0.3) is 0 Å². The summed E-state index contributed by atoms with van der Waals surface area (Å²) in [4.78, 5) is 29.0. The number of carbonyl (C=O) groups is 2. The van der Waals surface area contributed by atoms with Gasteiger partial charge in [0, 0.05) is 42.3 Å². The van der Waals surface area contributed by atoms with Gasteiger partial charge in [-0.25, -0.2) is 0 Å². The molecule has 6 nitrogen and oxygen atoms in total. The maximum atomic E-state index is 12.9. The lowest BCUT2D eigenvalue weighted by atomic mass is 10.1. The van der Waals surface area contributed by atoms with Gasteiger partial charge in [-0.2, -0.15) is 0 Å². The molecule has 148 valence electrons. The van der Waals surface area contributed by atoms with Crippen molar-refractivity contribution in [3.05, 3.63) is 57.0 Å². The number of rotatable bonds is 4. The van der Waals surface area contributed by atoms with Crippen LogP contribution in [0.15, 0.2) is 40.9 Å². The van der Waals surface area contributed by atoms with E-state index < -0.39 is 0 Å². The van der Waals surface area contributed by atoms with Crippen molar-refractivity contribution in [2.45, 2.75) is 0 Å². The molecule has 0 N–H and O–H groups in total. The number of piperazine rings is 1. The van der Waals surface area contributed by atoms with E-state index in [-0.39, 0.29) is 11.8 Å². The number of halogens is 2. The van der Waals surface area contributed by atoms with E-state index in [0.29, 0.717) is 58.3 Å². The number of carbonyl (C=O) groups excluding carboxylic acids is 2. The Kier molecular flexibility index (Phi) is 6.46. The van der Waals surface area contributed by atoms with E-state index in [0.717, 1.165) is 0 Å². The molecule has 1 aliphatic rings. The van der Waals surface area contributed by atoms with Crippen LogP contribution < -0.4 is 9.47 Å². The molecule has 2 amide bonds. The molecule has 3 rings (SSSR count). The van der Waals surface area contributed by atoms with Crippen LogP contribution in [-0.2, 0) is 0 Å². The van der Waals surface area contributed by atoms with Gasteiger partial charge in [-0.3, -0.25) is 9.59 Å². The van der Waals surface area contributed by atoms with Crippen molar-refractivity contribution in [3.63, 3.8) is 0 Å². The van der Waals surface area contributed by atoms with Gasteiger partial charge in [0.15, 0.2) is 0 Å². The predicted molar refractivity (Wildman–Crippen MR) is 111 cm³/mol. The minimum Gasteiger partial charge on any atom is -0.495 e. The number of ether oxygens (including phenoxy) is 2. The van der Waals surface area contributed by atoms with Crippen molar-refractivity contribution in [2.24, 2.45) is 0 Å². The van der Waals surface area contributed by atoms with Crippen LogP contribution in [0.4, 0.5) is 0 Å². The number of benzene rings is 2. The predicted octanol–water partition coefficient (Wildman–Crippen LogP) is 3.72. The van der Waals surface area contributed by atoms with Gasteiger partial charge in [-0.05, 0) is 52.3 Å². The lowest BCUT2D eigenvalue weighted by Crippen LogP contribution is -2.50. The number of amides is 2. The third-order valence-electron chi connectivity index (χ3n) is 4.64. The molecular formula is C20H20BrClN2O4. The molecule has 2 aromatic carbocycles. The summed E-state index contributed by atoms with van der Waals surface area (Å²) >= 11 is 9.28. The van der Waals surface area contributed by atoms with Gasteiger partial charge in [0.1, 0.15) is 16.0 Å². The number of methoxy groups -OCH3 is 2. The number of nitrogens with zero attached hydrogens (tertiary/aromatic N) is 2. The van der Waals surface area contributed by atoms with Crippen LogP contribution in [0.3, 0.4) is 0 Å². The highest BCUT2D eigenvalue weighted by molar-refractivity contribution is 9.10. The fraction of sp³-hybridized carbons (Fsp3) is 0.300. The number of hydrogen-bond donors (Lipinski definition) is 0. The average molecular weight is 468 g/mol. The summed E-state index contributed by atoms with van der Waals surface area (Å²) in [6.07, 6.45) is 0. The van der Waals surface area contributed by atoms with Crippen LogP contribution in [0.1, 0.15) is 20.7 Å². The first-order chi connectivity index (χ1) is 13.4. The molecule has 0 saturated carbocycles. The van der Waals surface area contributed by atoms with E-state index in [4.69, 9.17) is 21.1 Å². The zero-order valence-electron chi connectivity index (χ0n) is 15.6. The lowest BCUT2D eigenvalue weighted by Gasteiger charge is -2.35. The summed E-state index contributed by atoms with van der Waals surface area (Å²) < 4.78 is 11.3. The van der Waals surface area contributed by atoms with Gasteiger partial charge in [0.05, 0.1) is 14.2 Å². The second-order valence-electron chi connectivity index (χ2n) is 6.29. The largest absolute Gasteiger partial charge is 0.495 e. The van der Waals surface area contributed by atoms with Gasteiger partial charge in [-0.1, -0.05) is 11.6 Å². The topological polar surface area (TPSA) is 59.1 Å². The minimum absolute atomic E-state index is 0.0595. The molecule has 1 fully saturated rings. The summed E-state index contributed by atoms with van der Waals surface area (Å²) in [5, 5.41) is 0.590. The van der Waals surface area contributed by atoms with E-state index in [1.807, 2.05) is 0 Å². The van der Waals surface area contributed by atoms with E-state index >= 15 is 0 Å². The third-order valence-corrected chi connectivity index (χ3v) is 5.67. The smallest absolute Gasteiger partial charge is 0.254 e. The van der Waals surface area contributed by atoms with Crippen LogP contribution >= 0.6 is 27.5 Å². The highest BCUT2D eigenvalue weighted by atomic mass is 79.9. The molecule has 28 heavy (non-hydrogen) atoms. The highest BCUT2D eigenvalue weighted by Crippen LogP contribution is 2.36. The average Bonchev–Trinajstić information content (AvgIpc) is 2.73. The monoisotopic (exact) mass is 466 g/mol. The second-order valence-corrected chi connectivity index (χ2v) is 7.52. The van der Waals surface area contributed by atoms with Crippen molar-refractivity contribution < 1.29 is 19.1 Å². The molecule has 8 heteroatoms. The maximum Gasteiger partial charge on any atom is 0.254 e. The Bertz CT molecular complexity index is 855. The van der Waals surface area contributed by atoms with E-state index in [2.05, 4.69) is 15.9 Å². The van der Waals surface area contributed by atoms with Gasteiger partial charge in [-0.15, -0.1) is 0 Å². The lowest BCUT2D eigenvalue weighted by molar-refractivity contribution is 0.0535. The molecule has 1 saturated heterocycles. The molecule has 1 heterocycles. The molecule has 0 bridgehead atoms. The summed E-state index contributed by atoms with van der Waals surface area (Å²) in [6.45, 7) is 1.85. The first-order valence-corrected chi connectivity index (χ1v) is 9.87. The number of hydrogen-bond acceptors (Lipinski definition) is 4. The first kappa shape index (κ1) is 20.5. The van der Waals surface area contributed by atoms with Crippen LogP contribution in [0.2, 0.25) is 5.02 Å². The Hall–Kier alpha value is -2.25. The Labute approximate surface area is 177 Å². The normalized spacial score (nSPS) is 14.0. The van der Waals surface area contributed by atoms with Crippen molar-refractivity contribution >= 4 is 39.3 Å². The second kappa shape index (κ2) is 8.84. The molecule has 0 atom stereocenters. The molecule has 0 aromatic heterocycles. The Morgan fingerprint density at radius 1 is 0.857 bits per heavy atom. The molecule has 0 unspecified atom stereocenters. The van der Waals surface area contributed by atoms with Crippen LogP contribution in [0.5, 0.6) is 11.5 Å². The third kappa shape index (κ3) is 4.25. The quantitative estimate of drug-likeness (QED) is 0.688. The maximum absolute atomic E-state index is 12.9. The Morgan fingerprint density at radius 3 is 1.71 bits per heavy atom. The Morgan fingerprint density at radius 2 is 1.29 bits per heavy atom. The van der Waals surface area contributed by atoms with Crippen LogP contribution in [0, 0.1) is 0 Å². The molecule has 0 radical (unpaired) electrons. The summed E-state index contributed by atoms with van der Waals surface area (Å²) in [6, 6.07) is 10.2. The van der Waals surface area contributed by atoms with E-state index in [9.17, 15) is 9.59 Å². The van der Waals surface area contributed by atoms with Gasteiger partial charge < -0.3 is 19.3 Å². The molecule has 1 aliphatic heterocycles. The van der Waals surface area contributed by atoms with Crippen molar-refractivity contribution in [1.82, 2.24) is 9.80 Å². The molecule has 0 spiro atoms. The zero-order valence-corrected chi connectivity index (χ0v) is 17.9. The van der Waals surface area contributed by atoms with Gasteiger partial charge in [0.2, 0.25) is 0 Å². The standard InChI is InChI=1S/C20H20BrClN2O4/c1-27-16-11-14(12-17(28-2)18(16)21)20(26)24-9-7-23(8-10-24)19(25)13-3-5-15(22)6-4-13/h3-6,11-12H,7-10H2,1-2H3. The highest BCUT2D eigenvalue weighted by Gasteiger charge is 2.26. The van der Waals surface area contributed by atoms with Gasteiger partial charge in [0.25, 0.3) is 11.8 Å². The van der Waals surface area contributed by atoms with Gasteiger partial charge >= 0.3 is 0 Å². The van der Waals surface area contributed by atoms with Crippen molar-refractivity contribution in [2.75, 3.05) is 40.4 Å². The zero-order chi connectivity index (χ0) is 20.3. The molecule has 2 aromatic rings. The molecular weight excluding hydrogens is 448 g/mol. The fourth-order valence-corrected chi connectivity index (χ4v) is 3.74. The molecule has 0 aliphatic carbocycles. The SMILES string of the molecule is COc1cc(C(=O)N2CCN(C(=O)c3ccc(Cl)cc3)CC2)cc(OC)c1Br.